The summed E-state index contributed by atoms with van der Waals surface area (Å²) in [6, 6.07) is 26.4. The minimum absolute atomic E-state index is 0. The maximum absolute atomic E-state index is 13.6. The zero-order chi connectivity index (χ0) is 33.2. The van der Waals surface area contributed by atoms with Gasteiger partial charge in [0.2, 0.25) is 5.71 Å². The van der Waals surface area contributed by atoms with Crippen LogP contribution in [0.5, 0.6) is 0 Å². The first-order chi connectivity index (χ1) is 22.4. The molecule has 7 rings (SSSR count). The molecule has 1 fully saturated rings. The Hall–Kier alpha value is -3.19. The molecule has 0 bridgehead atoms. The van der Waals surface area contributed by atoms with Gasteiger partial charge in [0.1, 0.15) is 5.82 Å². The van der Waals surface area contributed by atoms with Gasteiger partial charge in [0.15, 0.2) is 0 Å². The Kier molecular flexibility index (Phi) is 11.4. The van der Waals surface area contributed by atoms with E-state index in [0.717, 1.165) is 46.7 Å². The minimum atomic E-state index is -1.90. The number of fused-ring (bicyclic) bond motifs is 3. The Balaban J connectivity index is 0.000000189. The van der Waals surface area contributed by atoms with Gasteiger partial charge in [0, 0.05) is 31.7 Å². The average Bonchev–Trinajstić information content (AvgIpc) is 3.68. The van der Waals surface area contributed by atoms with Gasteiger partial charge in [0.05, 0.1) is 11.8 Å². The number of furan rings is 1. The molecule has 1 saturated carbocycles. The van der Waals surface area contributed by atoms with E-state index in [1.165, 1.54) is 53.5 Å². The second-order valence-electron chi connectivity index (χ2n) is 15.1. The van der Waals surface area contributed by atoms with Crippen LogP contribution in [-0.2, 0) is 32.9 Å². The third-order valence-corrected chi connectivity index (χ3v) is 13.2. The van der Waals surface area contributed by atoms with Crippen molar-refractivity contribution in [1.82, 2.24) is 15.0 Å². The molecule has 0 atom stereocenters. The van der Waals surface area contributed by atoms with Crippen LogP contribution in [0.3, 0.4) is 0 Å². The predicted octanol–water partition coefficient (Wildman–Crippen LogP) is 10.4. The quantitative estimate of drug-likeness (QED) is 0.124. The van der Waals surface area contributed by atoms with Crippen molar-refractivity contribution in [3.05, 3.63) is 108 Å². The van der Waals surface area contributed by atoms with Crippen molar-refractivity contribution >= 4 is 39.7 Å². The SMILES string of the molecule is CC(C)(C)Cc1cc(-c2[c-]cccc2)nc[c]1[Ge]([CH3])([CH3])[CH3].Fc1cnc2oc3c[c-]c(-c4cc(CC5CCCC5)ccn4)cc3c2c1.[Ir]. The molecule has 0 N–H and O–H groups in total. The summed E-state index contributed by atoms with van der Waals surface area (Å²) in [5.41, 5.74) is 8.10. The van der Waals surface area contributed by atoms with Gasteiger partial charge in [-0.2, -0.15) is 0 Å². The van der Waals surface area contributed by atoms with E-state index in [2.05, 4.69) is 90.6 Å². The second kappa shape index (κ2) is 15.1. The molecule has 7 heteroatoms. The molecule has 4 heterocycles. The third-order valence-electron chi connectivity index (χ3n) is 8.83. The topological polar surface area (TPSA) is 51.8 Å². The van der Waals surface area contributed by atoms with E-state index in [-0.39, 0.29) is 25.9 Å². The number of aromatic nitrogens is 3. The molecule has 0 aliphatic heterocycles. The number of hydrogen-bond donors (Lipinski definition) is 0. The van der Waals surface area contributed by atoms with Crippen LogP contribution in [0.2, 0.25) is 17.3 Å². The Morgan fingerprint density at radius 3 is 2.35 bits per heavy atom. The Morgan fingerprint density at radius 1 is 0.875 bits per heavy atom. The van der Waals surface area contributed by atoms with E-state index in [9.17, 15) is 4.39 Å². The fourth-order valence-corrected chi connectivity index (χ4v) is 9.92. The van der Waals surface area contributed by atoms with Crippen molar-refractivity contribution in [2.45, 2.75) is 76.6 Å². The molecule has 0 spiro atoms. The van der Waals surface area contributed by atoms with E-state index in [0.29, 0.717) is 22.1 Å². The zero-order valence-electron chi connectivity index (χ0n) is 28.8. The maximum Gasteiger partial charge on any atom is 0.216 e. The summed E-state index contributed by atoms with van der Waals surface area (Å²) >= 11 is -1.90. The summed E-state index contributed by atoms with van der Waals surface area (Å²) < 4.78 is 20.8. The van der Waals surface area contributed by atoms with E-state index in [1.54, 1.807) is 6.07 Å². The van der Waals surface area contributed by atoms with Crippen LogP contribution in [0, 0.1) is 29.3 Å². The van der Waals surface area contributed by atoms with Gasteiger partial charge in [-0.3, -0.25) is 0 Å². The maximum atomic E-state index is 13.6. The summed E-state index contributed by atoms with van der Waals surface area (Å²) in [6.45, 7) is 6.92. The van der Waals surface area contributed by atoms with Gasteiger partial charge >= 0.3 is 132 Å². The average molecular weight is 879 g/mol. The van der Waals surface area contributed by atoms with Crippen LogP contribution in [0.1, 0.15) is 57.6 Å². The van der Waals surface area contributed by atoms with Crippen LogP contribution in [0.15, 0.2) is 83.7 Å². The monoisotopic (exact) mass is 880 g/mol. The summed E-state index contributed by atoms with van der Waals surface area (Å²) in [6.07, 6.45) is 12.8. The van der Waals surface area contributed by atoms with Crippen LogP contribution in [0.4, 0.5) is 4.39 Å². The van der Waals surface area contributed by atoms with Crippen molar-refractivity contribution in [3.8, 4) is 22.5 Å². The molecule has 1 aliphatic rings. The largest absolute Gasteiger partial charge is 0.486 e. The van der Waals surface area contributed by atoms with Gasteiger partial charge in [-0.25, -0.2) is 9.37 Å². The molecule has 0 saturated heterocycles. The molecule has 4 aromatic heterocycles. The molecule has 251 valence electrons. The van der Waals surface area contributed by atoms with E-state index in [4.69, 9.17) is 9.40 Å². The van der Waals surface area contributed by atoms with Crippen LogP contribution in [0.25, 0.3) is 44.6 Å². The van der Waals surface area contributed by atoms with Crippen LogP contribution < -0.4 is 4.40 Å². The molecule has 6 aromatic rings. The molecule has 2 aromatic carbocycles. The van der Waals surface area contributed by atoms with E-state index < -0.39 is 13.3 Å². The number of rotatable bonds is 6. The first kappa shape index (κ1) is 36.1. The summed E-state index contributed by atoms with van der Waals surface area (Å²) in [4.78, 5) is 13.3. The normalized spacial score (nSPS) is 13.7. The standard InChI is InChI=1S/C22H18FN2O.C19H26GeN.Ir/c23-17-12-19-18-11-16(5-6-21(18)26-22(19)25-13-17)20-10-15(7-8-24-20)9-14-3-1-2-4-14;1-19(2,3)13-16-12-18(15-10-8-7-9-11-15)21-14-17(16)20(4,5)6;/h6-8,10-14H,1-4,9H2;7-10,12,14H,13H2,1-6H3;/q2*-1;. The molecule has 0 amide bonds. The Bertz CT molecular complexity index is 1990. The molecular formula is C41H44FGeIrN3O-2. The number of halogens is 1. The molecule has 1 radical (unpaired) electrons. The second-order valence-corrected chi connectivity index (χ2v) is 25.7. The van der Waals surface area contributed by atoms with Gasteiger partial charge in [-0.05, 0) is 30.2 Å². The Morgan fingerprint density at radius 2 is 1.65 bits per heavy atom. The minimum Gasteiger partial charge on any atom is -0.486 e. The van der Waals surface area contributed by atoms with Crippen LogP contribution in [-0.4, -0.2) is 28.2 Å². The van der Waals surface area contributed by atoms with E-state index in [1.807, 2.05) is 30.5 Å². The van der Waals surface area contributed by atoms with Crippen molar-refractivity contribution < 1.29 is 28.9 Å². The number of hydrogen-bond acceptors (Lipinski definition) is 4. The number of pyridine rings is 3. The van der Waals surface area contributed by atoms with Crippen molar-refractivity contribution in [3.63, 3.8) is 0 Å². The molecule has 0 unspecified atom stereocenters. The zero-order valence-corrected chi connectivity index (χ0v) is 33.3. The summed E-state index contributed by atoms with van der Waals surface area (Å²) in [5.74, 6) is 7.75. The first-order valence-corrected chi connectivity index (χ1v) is 24.1. The summed E-state index contributed by atoms with van der Waals surface area (Å²) in [5, 5.41) is 1.51. The van der Waals surface area contributed by atoms with Crippen molar-refractivity contribution in [2.75, 3.05) is 0 Å². The van der Waals surface area contributed by atoms with Gasteiger partial charge in [-0.15, -0.1) is 23.8 Å². The van der Waals surface area contributed by atoms with Crippen LogP contribution >= 0.6 is 0 Å². The van der Waals surface area contributed by atoms with Crippen molar-refractivity contribution in [1.29, 1.82) is 0 Å². The molecule has 4 nitrogen and oxygen atoms in total. The Labute approximate surface area is 300 Å². The fourth-order valence-electron chi connectivity index (χ4n) is 6.61. The molecule has 48 heavy (non-hydrogen) atoms. The molecule has 1 aliphatic carbocycles. The van der Waals surface area contributed by atoms with Gasteiger partial charge in [-0.1, -0.05) is 42.7 Å². The van der Waals surface area contributed by atoms with E-state index >= 15 is 0 Å². The smallest absolute Gasteiger partial charge is 0.216 e. The molecular weight excluding hydrogens is 834 g/mol. The number of nitrogens with zero attached hydrogens (tertiary/aromatic N) is 3. The fraction of sp³-hybridized carbons (Fsp3) is 0.341. The third kappa shape index (κ3) is 8.88. The van der Waals surface area contributed by atoms with Gasteiger partial charge < -0.3 is 9.40 Å². The van der Waals surface area contributed by atoms with Gasteiger partial charge in [0.25, 0.3) is 0 Å². The summed E-state index contributed by atoms with van der Waals surface area (Å²) in [7, 11) is 0. The predicted molar refractivity (Wildman–Crippen MR) is 194 cm³/mol. The van der Waals surface area contributed by atoms with Crippen molar-refractivity contribution in [2.24, 2.45) is 11.3 Å². The first-order valence-electron chi connectivity index (χ1n) is 16.7. The number of benzene rings is 2.